The van der Waals surface area contributed by atoms with Gasteiger partial charge in [0, 0.05) is 37.4 Å². The van der Waals surface area contributed by atoms with E-state index in [1.807, 2.05) is 24.3 Å². The molecule has 0 spiro atoms. The van der Waals surface area contributed by atoms with E-state index in [1.165, 1.54) is 4.57 Å². The molecule has 3 heterocycles. The Morgan fingerprint density at radius 2 is 1.91 bits per heavy atom. The average molecular weight is 490 g/mol. The van der Waals surface area contributed by atoms with E-state index in [0.29, 0.717) is 59.1 Å². The van der Waals surface area contributed by atoms with Crippen LogP contribution in [-0.4, -0.2) is 24.4 Å². The molecular formula is C23H25Cl2N5O3. The molecule has 0 aliphatic carbocycles. The van der Waals surface area contributed by atoms with Gasteiger partial charge in [0.2, 0.25) is 5.89 Å². The summed E-state index contributed by atoms with van der Waals surface area (Å²) in [6, 6.07) is 7.49. The van der Waals surface area contributed by atoms with E-state index >= 15 is 0 Å². The molecule has 3 aromatic rings. The van der Waals surface area contributed by atoms with Crippen molar-refractivity contribution in [2.75, 3.05) is 0 Å². The molecule has 1 aliphatic rings. The van der Waals surface area contributed by atoms with Gasteiger partial charge in [-0.2, -0.15) is 4.98 Å². The number of aryl methyl sites for hydroxylation is 1. The maximum absolute atomic E-state index is 13.1. The van der Waals surface area contributed by atoms with Crippen LogP contribution in [0.1, 0.15) is 55.4 Å². The van der Waals surface area contributed by atoms with E-state index in [9.17, 15) is 9.59 Å². The van der Waals surface area contributed by atoms with Crippen molar-refractivity contribution in [1.82, 2.24) is 19.3 Å². The summed E-state index contributed by atoms with van der Waals surface area (Å²) in [6.45, 7) is 2.86. The second kappa shape index (κ2) is 10.5. The van der Waals surface area contributed by atoms with Gasteiger partial charge in [-0.1, -0.05) is 60.3 Å². The Morgan fingerprint density at radius 1 is 1.09 bits per heavy atom. The summed E-state index contributed by atoms with van der Waals surface area (Å²) in [5.74, 6) is 1.44. The minimum absolute atomic E-state index is 0.252. The third kappa shape index (κ3) is 5.45. The molecule has 0 bridgehead atoms. The van der Waals surface area contributed by atoms with Crippen LogP contribution in [-0.2, 0) is 32.4 Å². The van der Waals surface area contributed by atoms with Crippen LogP contribution < -0.4 is 11.2 Å². The molecule has 10 heteroatoms. The smallest absolute Gasteiger partial charge is 0.332 e. The largest absolute Gasteiger partial charge is 0.339 e. The van der Waals surface area contributed by atoms with Gasteiger partial charge in [-0.05, 0) is 30.5 Å². The minimum atomic E-state index is -0.350. The number of unbranched alkanes of at least 4 members (excludes halogenated alkanes) is 2. The van der Waals surface area contributed by atoms with Gasteiger partial charge in [-0.15, -0.1) is 0 Å². The van der Waals surface area contributed by atoms with E-state index < -0.39 is 0 Å². The predicted octanol–water partition coefficient (Wildman–Crippen LogP) is 4.29. The second-order valence-electron chi connectivity index (χ2n) is 8.08. The lowest BCUT2D eigenvalue weighted by Gasteiger charge is -2.13. The fraction of sp³-hybridized carbons (Fsp3) is 0.435. The van der Waals surface area contributed by atoms with E-state index in [4.69, 9.17) is 27.7 Å². The standard InChI is InChI=1S/C23H25Cl2N5O3/c1-2-3-4-10-29-21-17(14-18(25)26-21)22(31)30(23(29)32)11-6-9-20-27-19(28-33-20)13-15-7-5-8-16(24)12-15/h5,7-8,12H,2-4,6,9-11,13-14H2,1H3. The van der Waals surface area contributed by atoms with E-state index in [1.54, 1.807) is 4.57 Å². The van der Waals surface area contributed by atoms with Crippen molar-refractivity contribution in [2.24, 2.45) is 4.99 Å². The highest BCUT2D eigenvalue weighted by molar-refractivity contribution is 6.66. The summed E-state index contributed by atoms with van der Waals surface area (Å²) >= 11 is 12.1. The molecule has 0 N–H and O–H groups in total. The molecule has 8 nitrogen and oxygen atoms in total. The fourth-order valence-electron chi connectivity index (χ4n) is 3.93. The fourth-order valence-corrected chi connectivity index (χ4v) is 4.35. The molecule has 1 aliphatic heterocycles. The molecule has 33 heavy (non-hydrogen) atoms. The topological polar surface area (TPSA) is 95.3 Å². The Bertz CT molecular complexity index is 1290. The first-order chi connectivity index (χ1) is 16.0. The second-order valence-corrected chi connectivity index (χ2v) is 8.95. The number of rotatable bonds is 10. The number of halogens is 2. The first-order valence-electron chi connectivity index (χ1n) is 11.1. The van der Waals surface area contributed by atoms with Crippen molar-refractivity contribution in [3.8, 4) is 0 Å². The minimum Gasteiger partial charge on any atom is -0.339 e. The summed E-state index contributed by atoms with van der Waals surface area (Å²) in [5, 5.41) is 5.01. The van der Waals surface area contributed by atoms with Gasteiger partial charge in [-0.25, -0.2) is 9.79 Å². The maximum Gasteiger partial charge on any atom is 0.332 e. The number of fused-ring (bicyclic) bond motifs is 1. The molecule has 0 fully saturated rings. The maximum atomic E-state index is 13.1. The third-order valence-corrected chi connectivity index (χ3v) is 6.01. The number of aliphatic imine (C=N–C) groups is 1. The Kier molecular flexibility index (Phi) is 7.45. The third-order valence-electron chi connectivity index (χ3n) is 5.56. The zero-order valence-electron chi connectivity index (χ0n) is 18.4. The van der Waals surface area contributed by atoms with Crippen molar-refractivity contribution in [1.29, 1.82) is 0 Å². The lowest BCUT2D eigenvalue weighted by atomic mass is 10.1. The molecule has 0 radical (unpaired) electrons. The molecule has 0 saturated carbocycles. The lowest BCUT2D eigenvalue weighted by molar-refractivity contribution is 0.366. The highest BCUT2D eigenvalue weighted by Crippen LogP contribution is 2.24. The van der Waals surface area contributed by atoms with Crippen LogP contribution in [0.4, 0.5) is 5.82 Å². The van der Waals surface area contributed by atoms with E-state index in [0.717, 1.165) is 24.8 Å². The van der Waals surface area contributed by atoms with Gasteiger partial charge in [0.15, 0.2) is 5.82 Å². The van der Waals surface area contributed by atoms with Crippen LogP contribution >= 0.6 is 23.2 Å². The molecule has 0 unspecified atom stereocenters. The summed E-state index contributed by atoms with van der Waals surface area (Å²) < 4.78 is 8.20. The van der Waals surface area contributed by atoms with Crippen molar-refractivity contribution in [3.05, 3.63) is 73.0 Å². The van der Waals surface area contributed by atoms with Gasteiger partial charge in [0.1, 0.15) is 11.0 Å². The number of hydrogen-bond donors (Lipinski definition) is 0. The van der Waals surface area contributed by atoms with Crippen LogP contribution in [0.15, 0.2) is 43.4 Å². The normalized spacial score (nSPS) is 12.8. The Morgan fingerprint density at radius 3 is 2.70 bits per heavy atom. The molecule has 0 amide bonds. The Labute approximate surface area is 200 Å². The van der Waals surface area contributed by atoms with Gasteiger partial charge in [-0.3, -0.25) is 13.9 Å². The van der Waals surface area contributed by atoms with Gasteiger partial charge >= 0.3 is 5.69 Å². The van der Waals surface area contributed by atoms with Crippen molar-refractivity contribution in [2.45, 2.75) is 65.0 Å². The number of benzene rings is 1. The molecule has 174 valence electrons. The van der Waals surface area contributed by atoms with Crippen molar-refractivity contribution in [3.63, 3.8) is 0 Å². The monoisotopic (exact) mass is 489 g/mol. The van der Waals surface area contributed by atoms with E-state index in [-0.39, 0.29) is 24.2 Å². The van der Waals surface area contributed by atoms with Crippen LogP contribution in [0.25, 0.3) is 0 Å². The van der Waals surface area contributed by atoms with Crippen LogP contribution in [0.5, 0.6) is 0 Å². The lowest BCUT2D eigenvalue weighted by Crippen LogP contribution is -2.41. The van der Waals surface area contributed by atoms with Gasteiger partial charge < -0.3 is 4.52 Å². The van der Waals surface area contributed by atoms with Gasteiger partial charge in [0.25, 0.3) is 5.56 Å². The molecule has 1 aromatic carbocycles. The Hall–Kier alpha value is -2.71. The first-order valence-corrected chi connectivity index (χ1v) is 11.9. The summed E-state index contributed by atoms with van der Waals surface area (Å²) in [5.41, 5.74) is 0.798. The van der Waals surface area contributed by atoms with Crippen molar-refractivity contribution >= 4 is 34.2 Å². The molecular weight excluding hydrogens is 465 g/mol. The highest BCUT2D eigenvalue weighted by atomic mass is 35.5. The Balaban J connectivity index is 1.45. The number of nitrogens with zero attached hydrogens (tertiary/aromatic N) is 5. The zero-order valence-corrected chi connectivity index (χ0v) is 19.9. The molecule has 2 aromatic heterocycles. The van der Waals surface area contributed by atoms with Crippen LogP contribution in [0.3, 0.4) is 0 Å². The zero-order chi connectivity index (χ0) is 23.4. The van der Waals surface area contributed by atoms with Crippen LogP contribution in [0.2, 0.25) is 5.02 Å². The molecule has 0 atom stereocenters. The average Bonchev–Trinajstić information content (AvgIpc) is 3.39. The van der Waals surface area contributed by atoms with Gasteiger partial charge in [0.05, 0.1) is 5.56 Å². The summed E-state index contributed by atoms with van der Waals surface area (Å²) in [6.07, 6.45) is 4.61. The van der Waals surface area contributed by atoms with Crippen molar-refractivity contribution < 1.29 is 4.52 Å². The SMILES string of the molecule is CCCCCn1c2c(c(=O)n(CCCc3nc(Cc4cccc(Cl)c4)no3)c1=O)CC(Cl)=N2. The summed E-state index contributed by atoms with van der Waals surface area (Å²) in [4.78, 5) is 34.7. The quantitative estimate of drug-likeness (QED) is 0.396. The predicted molar refractivity (Wildman–Crippen MR) is 128 cm³/mol. The summed E-state index contributed by atoms with van der Waals surface area (Å²) in [7, 11) is 0. The highest BCUT2D eigenvalue weighted by Gasteiger charge is 2.24. The van der Waals surface area contributed by atoms with Crippen LogP contribution in [0, 0.1) is 0 Å². The number of aromatic nitrogens is 4. The first kappa shape index (κ1) is 23.4. The molecule has 0 saturated heterocycles. The van der Waals surface area contributed by atoms with E-state index in [2.05, 4.69) is 22.1 Å². The number of hydrogen-bond acceptors (Lipinski definition) is 6. The molecule has 4 rings (SSSR count).